The highest BCUT2D eigenvalue weighted by molar-refractivity contribution is 7.60. The molecule has 12 heteroatoms. The smallest absolute Gasteiger partial charge is 0.302 e. The summed E-state index contributed by atoms with van der Waals surface area (Å²) in [6.07, 6.45) is 4.53. The summed E-state index contributed by atoms with van der Waals surface area (Å²) in [5.41, 5.74) is 2.44. The maximum atomic E-state index is 12.4. The molecular weight excluding hydrogens is 436 g/mol. The van der Waals surface area contributed by atoms with E-state index in [0.29, 0.717) is 24.0 Å². The minimum absolute atomic E-state index is 0.186. The van der Waals surface area contributed by atoms with E-state index in [2.05, 4.69) is 8.83 Å². The largest absolute Gasteiger partial charge is 0.481 e. The molecule has 3 N–H and O–H groups in total. The Balaban J connectivity index is 1.82. The van der Waals surface area contributed by atoms with Gasteiger partial charge in [0.05, 0.1) is 17.7 Å². The molecule has 10 nitrogen and oxygen atoms in total. The third kappa shape index (κ3) is 7.11. The Labute approximate surface area is 173 Å². The van der Waals surface area contributed by atoms with Crippen molar-refractivity contribution in [2.75, 3.05) is 13.2 Å². The molecule has 164 valence electrons. The number of phosphoric ester groups is 1. The van der Waals surface area contributed by atoms with Crippen LogP contribution >= 0.6 is 15.6 Å². The number of carbonyl (C=O) groups excluding carboxylic acids is 2. The number of phosphoric acid groups is 2. The summed E-state index contributed by atoms with van der Waals surface area (Å²) in [7, 11) is -9.99. The fourth-order valence-corrected chi connectivity index (χ4v) is 4.30. The first-order valence-corrected chi connectivity index (χ1v) is 11.9. The lowest BCUT2D eigenvalue weighted by Gasteiger charge is -2.14. The van der Waals surface area contributed by atoms with E-state index in [0.717, 1.165) is 11.1 Å². The highest BCUT2D eigenvalue weighted by atomic mass is 31.3. The van der Waals surface area contributed by atoms with Crippen LogP contribution in [-0.4, -0.2) is 44.5 Å². The van der Waals surface area contributed by atoms with Gasteiger partial charge in [0.15, 0.2) is 0 Å². The lowest BCUT2D eigenvalue weighted by molar-refractivity contribution is 0.0667. The Morgan fingerprint density at radius 1 is 1.00 bits per heavy atom. The summed E-state index contributed by atoms with van der Waals surface area (Å²) in [4.78, 5) is 52.2. The Morgan fingerprint density at radius 2 is 1.57 bits per heavy atom. The molecule has 1 aromatic carbocycles. The molecule has 0 saturated carbocycles. The van der Waals surface area contributed by atoms with Gasteiger partial charge in [0.25, 0.3) is 11.8 Å². The number of hydrogen-bond acceptors (Lipinski definition) is 6. The van der Waals surface area contributed by atoms with Crippen molar-refractivity contribution in [3.05, 3.63) is 58.7 Å². The van der Waals surface area contributed by atoms with Crippen LogP contribution < -0.4 is 0 Å². The molecule has 1 aliphatic heterocycles. The minimum atomic E-state index is -5.14. The van der Waals surface area contributed by atoms with Crippen LogP contribution in [0.5, 0.6) is 0 Å². The summed E-state index contributed by atoms with van der Waals surface area (Å²) in [5, 5.41) is 0. The first kappa shape index (κ1) is 24.4. The number of imide groups is 1. The van der Waals surface area contributed by atoms with Gasteiger partial charge in [-0.25, -0.2) is 9.13 Å². The quantitative estimate of drug-likeness (QED) is 0.272. The predicted molar refractivity (Wildman–Crippen MR) is 107 cm³/mol. The van der Waals surface area contributed by atoms with E-state index in [9.17, 15) is 23.6 Å². The van der Waals surface area contributed by atoms with Crippen LogP contribution in [0.15, 0.2) is 47.6 Å². The highest BCUT2D eigenvalue weighted by Gasteiger charge is 2.35. The molecule has 2 rings (SSSR count). The van der Waals surface area contributed by atoms with E-state index in [1.165, 1.54) is 11.0 Å². The van der Waals surface area contributed by atoms with Gasteiger partial charge in [0, 0.05) is 6.54 Å². The van der Waals surface area contributed by atoms with Gasteiger partial charge >= 0.3 is 15.6 Å². The molecule has 2 amide bonds. The number of nitrogens with zero attached hydrogens (tertiary/aromatic N) is 1. The summed E-state index contributed by atoms with van der Waals surface area (Å²) >= 11 is 0. The van der Waals surface area contributed by atoms with Crippen molar-refractivity contribution < 1.29 is 42.2 Å². The first-order valence-electron chi connectivity index (χ1n) is 8.90. The molecule has 1 aromatic rings. The second-order valence-electron chi connectivity index (χ2n) is 6.72. The Hall–Kier alpha value is -1.90. The zero-order chi connectivity index (χ0) is 22.5. The van der Waals surface area contributed by atoms with E-state index in [1.54, 1.807) is 31.2 Å². The molecule has 1 aliphatic rings. The second kappa shape index (κ2) is 9.94. The summed E-state index contributed by atoms with van der Waals surface area (Å²) in [5.74, 6) is -0.634. The fraction of sp³-hybridized carbons (Fsp3) is 0.333. The average molecular weight is 459 g/mol. The number of amides is 2. The molecule has 30 heavy (non-hydrogen) atoms. The topological polar surface area (TPSA) is 151 Å². The van der Waals surface area contributed by atoms with Crippen molar-refractivity contribution in [1.82, 2.24) is 4.90 Å². The van der Waals surface area contributed by atoms with Gasteiger partial charge in [0.1, 0.15) is 0 Å². The summed E-state index contributed by atoms with van der Waals surface area (Å²) < 4.78 is 30.1. The normalized spacial score (nSPS) is 17.3. The van der Waals surface area contributed by atoms with Crippen molar-refractivity contribution in [1.29, 1.82) is 0 Å². The molecular formula is C18H23NO9P2. The van der Waals surface area contributed by atoms with Gasteiger partial charge in [-0.05, 0) is 38.8 Å². The van der Waals surface area contributed by atoms with Crippen LogP contribution in [0.3, 0.4) is 0 Å². The summed E-state index contributed by atoms with van der Waals surface area (Å²) in [6.45, 7) is 3.39. The second-order valence-corrected chi connectivity index (χ2v) is 9.55. The molecule has 0 fully saturated rings. The van der Waals surface area contributed by atoms with Crippen molar-refractivity contribution in [3.63, 3.8) is 0 Å². The van der Waals surface area contributed by atoms with Gasteiger partial charge in [-0.3, -0.25) is 19.0 Å². The Bertz CT molecular complexity index is 945. The van der Waals surface area contributed by atoms with Gasteiger partial charge in [-0.2, -0.15) is 4.31 Å². The first-order chi connectivity index (χ1) is 13.9. The predicted octanol–water partition coefficient (Wildman–Crippen LogP) is 3.18. The van der Waals surface area contributed by atoms with Crippen LogP contribution in [0.25, 0.3) is 0 Å². The molecule has 0 radical (unpaired) electrons. The summed E-state index contributed by atoms with van der Waals surface area (Å²) in [6, 6.07) is 6.67. The number of fused-ring (bicyclic) bond motifs is 1. The van der Waals surface area contributed by atoms with Crippen LogP contribution in [0, 0.1) is 0 Å². The van der Waals surface area contributed by atoms with Crippen LogP contribution in [0.1, 0.15) is 47.4 Å². The maximum absolute atomic E-state index is 12.4. The minimum Gasteiger partial charge on any atom is -0.302 e. The van der Waals surface area contributed by atoms with E-state index in [1.807, 2.05) is 13.0 Å². The number of carbonyl (C=O) groups is 2. The van der Waals surface area contributed by atoms with Crippen molar-refractivity contribution >= 4 is 27.5 Å². The average Bonchev–Trinajstić information content (AvgIpc) is 2.85. The highest BCUT2D eigenvalue weighted by Crippen LogP contribution is 2.57. The molecule has 0 aliphatic carbocycles. The Kier molecular flexibility index (Phi) is 8.07. The van der Waals surface area contributed by atoms with Gasteiger partial charge < -0.3 is 14.7 Å². The van der Waals surface area contributed by atoms with E-state index in [-0.39, 0.29) is 25.0 Å². The molecule has 0 aromatic heterocycles. The standard InChI is InChI=1S/C18H23NO9P2/c1-13(10-11-27-30(25,26)28-29(22,23)24)6-5-7-14(2)12-19-17(20)15-8-3-4-9-16(15)18(19)21/h3-4,7-10H,5-6,11-12H2,1-2H3,(H,25,26)(H2,22,23,24)/b13-10+,14-7+. The number of rotatable bonds is 10. The van der Waals surface area contributed by atoms with E-state index >= 15 is 0 Å². The lowest BCUT2D eigenvalue weighted by Crippen LogP contribution is -2.31. The zero-order valence-corrected chi connectivity index (χ0v) is 18.2. The Morgan fingerprint density at radius 3 is 2.10 bits per heavy atom. The van der Waals surface area contributed by atoms with Crippen molar-refractivity contribution in [3.8, 4) is 0 Å². The SMILES string of the molecule is C/C(=C\COP(=O)(O)OP(=O)(O)O)CC/C=C(\C)CN1C(=O)c2ccccc2C1=O. The molecule has 1 unspecified atom stereocenters. The van der Waals surface area contributed by atoms with E-state index < -0.39 is 15.6 Å². The number of benzene rings is 1. The molecule has 1 heterocycles. The van der Waals surface area contributed by atoms with Gasteiger partial charge in [0.2, 0.25) is 0 Å². The number of allylic oxidation sites excluding steroid dienone is 2. The molecule has 0 spiro atoms. The van der Waals surface area contributed by atoms with Crippen LogP contribution in [0.4, 0.5) is 0 Å². The van der Waals surface area contributed by atoms with E-state index in [4.69, 9.17) is 9.79 Å². The van der Waals surface area contributed by atoms with Crippen molar-refractivity contribution in [2.24, 2.45) is 0 Å². The maximum Gasteiger partial charge on any atom is 0.481 e. The van der Waals surface area contributed by atoms with Gasteiger partial charge in [-0.1, -0.05) is 35.4 Å². The number of hydrogen-bond donors (Lipinski definition) is 3. The fourth-order valence-electron chi connectivity index (χ4n) is 2.78. The molecule has 0 saturated heterocycles. The van der Waals surface area contributed by atoms with Crippen LogP contribution in [-0.2, 0) is 18.0 Å². The third-order valence-corrected chi connectivity index (χ3v) is 6.35. The van der Waals surface area contributed by atoms with Crippen LogP contribution in [0.2, 0.25) is 0 Å². The molecule has 1 atom stereocenters. The molecule has 0 bridgehead atoms. The van der Waals surface area contributed by atoms with Gasteiger partial charge in [-0.15, -0.1) is 0 Å². The lowest BCUT2D eigenvalue weighted by atomic mass is 10.1. The zero-order valence-electron chi connectivity index (χ0n) is 16.4. The monoisotopic (exact) mass is 459 g/mol. The third-order valence-electron chi connectivity index (χ3n) is 4.20. The van der Waals surface area contributed by atoms with Crippen molar-refractivity contribution in [2.45, 2.75) is 26.7 Å².